The van der Waals surface area contributed by atoms with Crippen LogP contribution < -0.4 is 10.6 Å². The normalized spacial score (nSPS) is 11.1. The molecule has 0 aliphatic heterocycles. The van der Waals surface area contributed by atoms with Crippen molar-refractivity contribution < 1.29 is 4.79 Å². The predicted octanol–water partition coefficient (Wildman–Crippen LogP) is 3.56. The molecular formula is C17H22N4O. The van der Waals surface area contributed by atoms with Crippen LogP contribution in [0.4, 0.5) is 11.6 Å². The van der Waals surface area contributed by atoms with Crippen molar-refractivity contribution in [1.82, 2.24) is 9.97 Å². The van der Waals surface area contributed by atoms with Gasteiger partial charge in [-0.25, -0.2) is 9.97 Å². The number of nitrogens with one attached hydrogen (secondary N) is 2. The molecule has 2 rings (SSSR count). The van der Waals surface area contributed by atoms with Gasteiger partial charge in [0.05, 0.1) is 5.56 Å². The van der Waals surface area contributed by atoms with Gasteiger partial charge in [-0.15, -0.1) is 0 Å². The van der Waals surface area contributed by atoms with Gasteiger partial charge in [-0.1, -0.05) is 6.07 Å². The van der Waals surface area contributed by atoms with Crippen LogP contribution in [-0.2, 0) is 0 Å². The average molecular weight is 298 g/mol. The fourth-order valence-electron chi connectivity index (χ4n) is 2.10. The van der Waals surface area contributed by atoms with E-state index in [0.29, 0.717) is 11.5 Å². The summed E-state index contributed by atoms with van der Waals surface area (Å²) in [5, 5.41) is 6.03. The number of rotatable bonds is 3. The van der Waals surface area contributed by atoms with Crippen LogP contribution >= 0.6 is 0 Å². The summed E-state index contributed by atoms with van der Waals surface area (Å²) in [6.07, 6.45) is 3.05. The van der Waals surface area contributed by atoms with Crippen LogP contribution in [0, 0.1) is 13.8 Å². The lowest BCUT2D eigenvalue weighted by molar-refractivity contribution is 0.102. The Morgan fingerprint density at radius 2 is 1.55 bits per heavy atom. The highest BCUT2D eigenvalue weighted by atomic mass is 16.1. The highest BCUT2D eigenvalue weighted by molar-refractivity contribution is 6.04. The zero-order chi connectivity index (χ0) is 16.3. The molecule has 0 saturated heterocycles. The molecule has 2 aromatic rings. The minimum atomic E-state index is -0.215. The van der Waals surface area contributed by atoms with Gasteiger partial charge in [0.15, 0.2) is 0 Å². The van der Waals surface area contributed by atoms with Gasteiger partial charge in [-0.05, 0) is 57.9 Å². The van der Waals surface area contributed by atoms with E-state index in [2.05, 4.69) is 26.7 Å². The van der Waals surface area contributed by atoms with Gasteiger partial charge in [0.2, 0.25) is 5.95 Å². The second-order valence-corrected chi connectivity index (χ2v) is 6.50. The Bertz CT molecular complexity index is 652. The van der Waals surface area contributed by atoms with E-state index in [1.165, 1.54) is 12.4 Å². The summed E-state index contributed by atoms with van der Waals surface area (Å²) >= 11 is 0. The Kier molecular flexibility index (Phi) is 4.45. The fourth-order valence-corrected chi connectivity index (χ4v) is 2.10. The number of hydrogen-bond acceptors (Lipinski definition) is 4. The molecule has 2 N–H and O–H groups in total. The molecule has 1 heterocycles. The maximum absolute atomic E-state index is 12.2. The molecular weight excluding hydrogens is 276 g/mol. The third-order valence-electron chi connectivity index (χ3n) is 2.88. The first-order valence-corrected chi connectivity index (χ1v) is 7.23. The molecule has 1 aromatic carbocycles. The van der Waals surface area contributed by atoms with Gasteiger partial charge in [-0.3, -0.25) is 4.79 Å². The van der Waals surface area contributed by atoms with Crippen LogP contribution in [0.25, 0.3) is 0 Å². The molecule has 0 fully saturated rings. The summed E-state index contributed by atoms with van der Waals surface area (Å²) in [5.74, 6) is 0.294. The van der Waals surface area contributed by atoms with Crippen molar-refractivity contribution in [2.24, 2.45) is 0 Å². The Morgan fingerprint density at radius 3 is 2.05 bits per heavy atom. The lowest BCUT2D eigenvalue weighted by Crippen LogP contribution is -2.27. The Morgan fingerprint density at radius 1 is 1.00 bits per heavy atom. The molecule has 0 saturated carbocycles. The van der Waals surface area contributed by atoms with Crippen LogP contribution in [-0.4, -0.2) is 21.4 Å². The maximum atomic E-state index is 12.2. The topological polar surface area (TPSA) is 66.9 Å². The molecule has 22 heavy (non-hydrogen) atoms. The van der Waals surface area contributed by atoms with Crippen molar-refractivity contribution in [3.63, 3.8) is 0 Å². The summed E-state index contributed by atoms with van der Waals surface area (Å²) < 4.78 is 0. The molecule has 5 heteroatoms. The first kappa shape index (κ1) is 15.9. The molecule has 1 aromatic heterocycles. The van der Waals surface area contributed by atoms with E-state index < -0.39 is 0 Å². The highest BCUT2D eigenvalue weighted by Crippen LogP contribution is 2.15. The van der Waals surface area contributed by atoms with Gasteiger partial charge in [-0.2, -0.15) is 0 Å². The number of carbonyl (C=O) groups excluding carboxylic acids is 1. The van der Waals surface area contributed by atoms with Gasteiger partial charge >= 0.3 is 0 Å². The number of nitrogens with zero attached hydrogens (tertiary/aromatic N) is 2. The van der Waals surface area contributed by atoms with Gasteiger partial charge in [0.25, 0.3) is 5.91 Å². The SMILES string of the molecule is Cc1cc(C)cc(NC(=O)c2cnc(NC(C)(C)C)nc2)c1. The average Bonchev–Trinajstić information content (AvgIpc) is 2.36. The lowest BCUT2D eigenvalue weighted by Gasteiger charge is -2.20. The van der Waals surface area contributed by atoms with Crippen molar-refractivity contribution in [3.8, 4) is 0 Å². The number of benzene rings is 1. The Hall–Kier alpha value is -2.43. The first-order chi connectivity index (χ1) is 10.2. The van der Waals surface area contributed by atoms with E-state index in [9.17, 15) is 4.79 Å². The van der Waals surface area contributed by atoms with Crippen LogP contribution in [0.15, 0.2) is 30.6 Å². The van der Waals surface area contributed by atoms with Crippen molar-refractivity contribution in [2.45, 2.75) is 40.2 Å². The molecule has 1 amide bonds. The number of hydrogen-bond donors (Lipinski definition) is 2. The van der Waals surface area contributed by atoms with Gasteiger partial charge < -0.3 is 10.6 Å². The summed E-state index contributed by atoms with van der Waals surface area (Å²) in [7, 11) is 0. The Balaban J connectivity index is 2.09. The number of amides is 1. The summed E-state index contributed by atoms with van der Waals surface area (Å²) in [5.41, 5.74) is 3.30. The van der Waals surface area contributed by atoms with Crippen molar-refractivity contribution in [1.29, 1.82) is 0 Å². The van der Waals surface area contributed by atoms with Crippen LogP contribution in [0.2, 0.25) is 0 Å². The molecule has 5 nitrogen and oxygen atoms in total. The lowest BCUT2D eigenvalue weighted by atomic mass is 10.1. The third kappa shape index (κ3) is 4.55. The fraction of sp³-hybridized carbons (Fsp3) is 0.353. The van der Waals surface area contributed by atoms with Crippen molar-refractivity contribution >= 4 is 17.5 Å². The van der Waals surface area contributed by atoms with Gasteiger partial charge in [0, 0.05) is 23.6 Å². The zero-order valence-corrected chi connectivity index (χ0v) is 13.7. The number of aryl methyl sites for hydroxylation is 2. The van der Waals surface area contributed by atoms with E-state index >= 15 is 0 Å². The molecule has 116 valence electrons. The molecule has 0 bridgehead atoms. The molecule has 0 aliphatic carbocycles. The quantitative estimate of drug-likeness (QED) is 0.909. The third-order valence-corrected chi connectivity index (χ3v) is 2.88. The van der Waals surface area contributed by atoms with Crippen LogP contribution in [0.3, 0.4) is 0 Å². The Labute approximate surface area is 131 Å². The molecule has 0 unspecified atom stereocenters. The maximum Gasteiger partial charge on any atom is 0.258 e. The van der Waals surface area contributed by atoms with Crippen molar-refractivity contribution in [3.05, 3.63) is 47.3 Å². The zero-order valence-electron chi connectivity index (χ0n) is 13.7. The largest absolute Gasteiger partial charge is 0.350 e. The van der Waals surface area contributed by atoms with E-state index in [1.807, 2.05) is 46.8 Å². The van der Waals surface area contributed by atoms with E-state index in [0.717, 1.165) is 16.8 Å². The predicted molar refractivity (Wildman–Crippen MR) is 89.3 cm³/mol. The highest BCUT2D eigenvalue weighted by Gasteiger charge is 2.12. The van der Waals surface area contributed by atoms with Crippen molar-refractivity contribution in [2.75, 3.05) is 10.6 Å². The van der Waals surface area contributed by atoms with E-state index in [4.69, 9.17) is 0 Å². The van der Waals surface area contributed by atoms with E-state index in [1.54, 1.807) is 0 Å². The molecule has 0 atom stereocenters. The van der Waals surface area contributed by atoms with E-state index in [-0.39, 0.29) is 11.4 Å². The number of carbonyl (C=O) groups is 1. The summed E-state index contributed by atoms with van der Waals surface area (Å²) in [6.45, 7) is 10.1. The molecule has 0 spiro atoms. The smallest absolute Gasteiger partial charge is 0.258 e. The van der Waals surface area contributed by atoms with Crippen LogP contribution in [0.5, 0.6) is 0 Å². The summed E-state index contributed by atoms with van der Waals surface area (Å²) in [4.78, 5) is 20.6. The molecule has 0 aliphatic rings. The second-order valence-electron chi connectivity index (χ2n) is 6.50. The molecule has 0 radical (unpaired) electrons. The number of aromatic nitrogens is 2. The monoisotopic (exact) mass is 298 g/mol. The standard InChI is InChI=1S/C17H22N4O/c1-11-6-12(2)8-14(7-11)20-15(22)13-9-18-16(19-10-13)21-17(3,4)5/h6-10H,1-5H3,(H,20,22)(H,18,19,21). The van der Waals surface area contributed by atoms with Crippen LogP contribution in [0.1, 0.15) is 42.3 Å². The second kappa shape index (κ2) is 6.13. The first-order valence-electron chi connectivity index (χ1n) is 7.23. The summed E-state index contributed by atoms with van der Waals surface area (Å²) in [6, 6.07) is 5.92. The number of anilines is 2. The van der Waals surface area contributed by atoms with Gasteiger partial charge in [0.1, 0.15) is 0 Å². The minimum Gasteiger partial charge on any atom is -0.350 e. The minimum absolute atomic E-state index is 0.122.